The van der Waals surface area contributed by atoms with Crippen molar-refractivity contribution < 1.29 is 13.2 Å². The number of ether oxygens (including phenoxy) is 1. The second kappa shape index (κ2) is 6.32. The number of hydrogen-bond donors (Lipinski definition) is 1. The highest BCUT2D eigenvalue weighted by Crippen LogP contribution is 2.28. The number of benzene rings is 1. The normalized spacial score (nSPS) is 11.2. The van der Waals surface area contributed by atoms with Gasteiger partial charge in [-0.1, -0.05) is 18.5 Å². The van der Waals surface area contributed by atoms with Gasteiger partial charge in [-0.25, -0.2) is 13.4 Å². The molecule has 0 aliphatic carbocycles. The average Bonchev–Trinajstić information content (AvgIpc) is 2.47. The van der Waals surface area contributed by atoms with Crippen LogP contribution in [-0.4, -0.2) is 20.5 Å². The van der Waals surface area contributed by atoms with Crippen molar-refractivity contribution in [3.8, 4) is 5.75 Å². The third kappa shape index (κ3) is 3.65. The molecule has 0 unspecified atom stereocenters. The van der Waals surface area contributed by atoms with E-state index in [4.69, 9.17) is 16.3 Å². The van der Waals surface area contributed by atoms with Gasteiger partial charge in [0.15, 0.2) is 0 Å². The van der Waals surface area contributed by atoms with Crippen LogP contribution in [0.3, 0.4) is 0 Å². The van der Waals surface area contributed by atoms with E-state index in [1.54, 1.807) is 18.3 Å². The molecule has 0 saturated heterocycles. The maximum absolute atomic E-state index is 12.4. The fourth-order valence-electron chi connectivity index (χ4n) is 1.80. The van der Waals surface area contributed by atoms with Crippen LogP contribution in [0.1, 0.15) is 12.5 Å². The number of halogens is 1. The third-order valence-corrected chi connectivity index (χ3v) is 4.50. The van der Waals surface area contributed by atoms with Crippen molar-refractivity contribution >= 4 is 27.4 Å². The van der Waals surface area contributed by atoms with E-state index in [0.29, 0.717) is 5.02 Å². The van der Waals surface area contributed by atoms with Gasteiger partial charge >= 0.3 is 0 Å². The largest absolute Gasteiger partial charge is 0.495 e. The maximum atomic E-state index is 12.4. The molecule has 0 amide bonds. The summed E-state index contributed by atoms with van der Waals surface area (Å²) >= 11 is 5.87. The minimum absolute atomic E-state index is 0.0267. The van der Waals surface area contributed by atoms with Crippen molar-refractivity contribution in [1.82, 2.24) is 4.98 Å². The van der Waals surface area contributed by atoms with Crippen LogP contribution in [-0.2, 0) is 16.4 Å². The molecule has 2 rings (SSSR count). The molecule has 21 heavy (non-hydrogen) atoms. The van der Waals surface area contributed by atoms with E-state index < -0.39 is 10.0 Å². The number of aryl methyl sites for hydroxylation is 1. The Morgan fingerprint density at radius 3 is 2.71 bits per heavy atom. The zero-order valence-corrected chi connectivity index (χ0v) is 13.2. The number of rotatable bonds is 5. The molecule has 1 aromatic carbocycles. The van der Waals surface area contributed by atoms with Crippen molar-refractivity contribution in [3.63, 3.8) is 0 Å². The van der Waals surface area contributed by atoms with Gasteiger partial charge in [0.2, 0.25) is 0 Å². The first kappa shape index (κ1) is 15.6. The Hall–Kier alpha value is -1.79. The molecule has 0 spiro atoms. The first-order chi connectivity index (χ1) is 9.96. The van der Waals surface area contributed by atoms with E-state index >= 15 is 0 Å². The van der Waals surface area contributed by atoms with Gasteiger partial charge in [0, 0.05) is 11.2 Å². The van der Waals surface area contributed by atoms with Crippen LogP contribution >= 0.6 is 11.6 Å². The number of sulfonamides is 1. The smallest absolute Gasteiger partial charge is 0.266 e. The van der Waals surface area contributed by atoms with Crippen LogP contribution in [0.2, 0.25) is 5.02 Å². The first-order valence-electron chi connectivity index (χ1n) is 6.27. The Kier molecular flexibility index (Phi) is 4.69. The van der Waals surface area contributed by atoms with Crippen LogP contribution in [0.25, 0.3) is 0 Å². The Bertz CT molecular complexity index is 748. The molecule has 2 aromatic rings. The van der Waals surface area contributed by atoms with Crippen molar-refractivity contribution in [2.45, 2.75) is 18.2 Å². The van der Waals surface area contributed by atoms with Gasteiger partial charge < -0.3 is 4.74 Å². The van der Waals surface area contributed by atoms with Crippen LogP contribution in [0.5, 0.6) is 5.75 Å². The monoisotopic (exact) mass is 326 g/mol. The predicted molar refractivity (Wildman–Crippen MR) is 82.4 cm³/mol. The molecule has 0 radical (unpaired) electrons. The Morgan fingerprint density at radius 1 is 1.29 bits per heavy atom. The standard InChI is InChI=1S/C14H15ClN2O3S/c1-3-10-6-7-16-14(8-10)17-21(18,19)13-9-11(15)4-5-12(13)20-2/h4-9H,3H2,1-2H3,(H,16,17). The van der Waals surface area contributed by atoms with E-state index in [0.717, 1.165) is 12.0 Å². The second-order valence-corrected chi connectivity index (χ2v) is 6.39. The number of anilines is 1. The summed E-state index contributed by atoms with van der Waals surface area (Å²) in [5.74, 6) is 0.481. The topological polar surface area (TPSA) is 68.3 Å². The van der Waals surface area contributed by atoms with Gasteiger partial charge in [-0.3, -0.25) is 4.72 Å². The van der Waals surface area contributed by atoms with Crippen LogP contribution in [0.4, 0.5) is 5.82 Å². The molecule has 1 heterocycles. The summed E-state index contributed by atoms with van der Waals surface area (Å²) in [4.78, 5) is 3.99. The first-order valence-corrected chi connectivity index (χ1v) is 8.13. The molecule has 7 heteroatoms. The summed E-state index contributed by atoms with van der Waals surface area (Å²) in [5, 5.41) is 0.312. The second-order valence-electron chi connectivity index (χ2n) is 4.30. The average molecular weight is 327 g/mol. The summed E-state index contributed by atoms with van der Waals surface area (Å²) in [5.41, 5.74) is 0.987. The highest BCUT2D eigenvalue weighted by Gasteiger charge is 2.20. The Morgan fingerprint density at radius 2 is 2.05 bits per heavy atom. The molecule has 1 N–H and O–H groups in total. The minimum Gasteiger partial charge on any atom is -0.495 e. The number of nitrogens with zero attached hydrogens (tertiary/aromatic N) is 1. The minimum atomic E-state index is -3.83. The summed E-state index contributed by atoms with van der Waals surface area (Å²) in [6, 6.07) is 7.93. The molecular weight excluding hydrogens is 312 g/mol. The van der Waals surface area contributed by atoms with Gasteiger partial charge in [0.05, 0.1) is 7.11 Å². The fourth-order valence-corrected chi connectivity index (χ4v) is 3.24. The fraction of sp³-hybridized carbons (Fsp3) is 0.214. The maximum Gasteiger partial charge on any atom is 0.266 e. The van der Waals surface area contributed by atoms with Crippen molar-refractivity contribution in [2.75, 3.05) is 11.8 Å². The van der Waals surface area contributed by atoms with Crippen molar-refractivity contribution in [3.05, 3.63) is 47.1 Å². The van der Waals surface area contributed by atoms with Crippen LogP contribution in [0, 0.1) is 0 Å². The molecule has 5 nitrogen and oxygen atoms in total. The lowest BCUT2D eigenvalue weighted by Gasteiger charge is -2.11. The highest BCUT2D eigenvalue weighted by atomic mass is 35.5. The molecule has 0 aliphatic rings. The molecule has 1 aromatic heterocycles. The zero-order valence-electron chi connectivity index (χ0n) is 11.6. The number of aromatic nitrogens is 1. The van der Waals surface area contributed by atoms with E-state index in [1.807, 2.05) is 13.0 Å². The molecular formula is C14H15ClN2O3S. The van der Waals surface area contributed by atoms with Gasteiger partial charge in [-0.2, -0.15) is 0 Å². The third-order valence-electron chi connectivity index (χ3n) is 2.89. The lowest BCUT2D eigenvalue weighted by Crippen LogP contribution is -2.15. The number of methoxy groups -OCH3 is 1. The van der Waals surface area contributed by atoms with E-state index in [9.17, 15) is 8.42 Å². The highest BCUT2D eigenvalue weighted by molar-refractivity contribution is 7.92. The van der Waals surface area contributed by atoms with E-state index in [-0.39, 0.29) is 16.5 Å². The van der Waals surface area contributed by atoms with Crippen LogP contribution in [0.15, 0.2) is 41.4 Å². The number of nitrogens with one attached hydrogen (secondary N) is 1. The molecule has 112 valence electrons. The number of pyridine rings is 1. The lowest BCUT2D eigenvalue weighted by atomic mass is 10.2. The predicted octanol–water partition coefficient (Wildman–Crippen LogP) is 3.11. The lowest BCUT2D eigenvalue weighted by molar-refractivity contribution is 0.403. The molecule has 0 fully saturated rings. The van der Waals surface area contributed by atoms with Gasteiger partial charge in [-0.05, 0) is 42.3 Å². The van der Waals surface area contributed by atoms with E-state index in [1.165, 1.54) is 19.2 Å². The van der Waals surface area contributed by atoms with Crippen LogP contribution < -0.4 is 9.46 Å². The quantitative estimate of drug-likeness (QED) is 0.916. The molecule has 0 aliphatic heterocycles. The van der Waals surface area contributed by atoms with Gasteiger partial charge in [0.1, 0.15) is 16.5 Å². The Balaban J connectivity index is 2.40. The van der Waals surface area contributed by atoms with E-state index in [2.05, 4.69) is 9.71 Å². The Labute approximate surface area is 129 Å². The van der Waals surface area contributed by atoms with Gasteiger partial charge in [-0.15, -0.1) is 0 Å². The molecule has 0 atom stereocenters. The van der Waals surface area contributed by atoms with Crippen molar-refractivity contribution in [1.29, 1.82) is 0 Å². The summed E-state index contributed by atoms with van der Waals surface area (Å²) in [6.45, 7) is 1.98. The summed E-state index contributed by atoms with van der Waals surface area (Å²) < 4.78 is 32.4. The van der Waals surface area contributed by atoms with Crippen molar-refractivity contribution in [2.24, 2.45) is 0 Å². The summed E-state index contributed by atoms with van der Waals surface area (Å²) in [6.07, 6.45) is 2.35. The molecule has 0 saturated carbocycles. The summed E-state index contributed by atoms with van der Waals surface area (Å²) in [7, 11) is -2.42. The van der Waals surface area contributed by atoms with Gasteiger partial charge in [0.25, 0.3) is 10.0 Å². The zero-order chi connectivity index (χ0) is 15.5. The number of hydrogen-bond acceptors (Lipinski definition) is 4. The SMILES string of the molecule is CCc1ccnc(NS(=O)(=O)c2cc(Cl)ccc2OC)c1. The molecule has 0 bridgehead atoms.